The highest BCUT2D eigenvalue weighted by Crippen LogP contribution is 2.49. The zero-order valence-electron chi connectivity index (χ0n) is 14.7. The van der Waals surface area contributed by atoms with Crippen LogP contribution in [0.1, 0.15) is 30.0 Å². The van der Waals surface area contributed by atoms with Crippen molar-refractivity contribution in [1.82, 2.24) is 5.32 Å². The van der Waals surface area contributed by atoms with Crippen molar-refractivity contribution in [1.29, 1.82) is 0 Å². The molecule has 1 atom stereocenters. The van der Waals surface area contributed by atoms with Crippen molar-refractivity contribution in [3.05, 3.63) is 59.7 Å². The summed E-state index contributed by atoms with van der Waals surface area (Å²) in [4.78, 5) is 25.2. The second-order valence-electron chi connectivity index (χ2n) is 6.34. The molecule has 1 fully saturated rings. The van der Waals surface area contributed by atoms with Crippen molar-refractivity contribution in [3.63, 3.8) is 0 Å². The van der Waals surface area contributed by atoms with Crippen LogP contribution >= 0.6 is 0 Å². The maximum atomic E-state index is 13.0. The van der Waals surface area contributed by atoms with Crippen LogP contribution < -0.4 is 10.1 Å². The molecule has 0 saturated heterocycles. The highest BCUT2D eigenvalue weighted by molar-refractivity contribution is 5.94. The lowest BCUT2D eigenvalue weighted by molar-refractivity contribution is -0.145. The van der Waals surface area contributed by atoms with Crippen molar-refractivity contribution < 1.29 is 24.2 Å². The van der Waals surface area contributed by atoms with E-state index < -0.39 is 17.4 Å². The number of rotatable bonds is 6. The van der Waals surface area contributed by atoms with Gasteiger partial charge in [0.2, 0.25) is 5.91 Å². The van der Waals surface area contributed by atoms with Gasteiger partial charge in [-0.3, -0.25) is 4.79 Å². The number of hydrogen-bond donors (Lipinski definition) is 2. The first-order chi connectivity index (χ1) is 12.5. The lowest BCUT2D eigenvalue weighted by Crippen LogP contribution is -2.40. The van der Waals surface area contributed by atoms with Gasteiger partial charge in [0.15, 0.2) is 6.04 Å². The van der Waals surface area contributed by atoms with E-state index >= 15 is 0 Å². The number of amides is 1. The SMILES string of the molecule is COC(=O)[C@@H](NC(=O)C1(c2ccc(OC)cc2)CC1)c1cccc(O)c1. The van der Waals surface area contributed by atoms with Crippen LogP contribution in [0.4, 0.5) is 0 Å². The van der Waals surface area contributed by atoms with E-state index in [1.807, 2.05) is 24.3 Å². The molecule has 2 aromatic rings. The van der Waals surface area contributed by atoms with Crippen LogP contribution in [0.15, 0.2) is 48.5 Å². The van der Waals surface area contributed by atoms with Crippen molar-refractivity contribution in [2.45, 2.75) is 24.3 Å². The average Bonchev–Trinajstić information content (AvgIpc) is 3.47. The Morgan fingerprint density at radius 3 is 2.35 bits per heavy atom. The second-order valence-corrected chi connectivity index (χ2v) is 6.34. The molecule has 2 N–H and O–H groups in total. The summed E-state index contributed by atoms with van der Waals surface area (Å²) >= 11 is 0. The Hall–Kier alpha value is -3.02. The van der Waals surface area contributed by atoms with Gasteiger partial charge in [0.1, 0.15) is 11.5 Å². The topological polar surface area (TPSA) is 84.9 Å². The van der Waals surface area contributed by atoms with Gasteiger partial charge in [0.05, 0.1) is 19.6 Å². The molecule has 0 aliphatic heterocycles. The number of phenols is 1. The third kappa shape index (κ3) is 3.35. The summed E-state index contributed by atoms with van der Waals surface area (Å²) in [7, 11) is 2.85. The molecule has 0 heterocycles. The van der Waals surface area contributed by atoms with E-state index in [0.29, 0.717) is 18.4 Å². The number of hydrogen-bond acceptors (Lipinski definition) is 5. The minimum Gasteiger partial charge on any atom is -0.508 e. The molecule has 1 aliphatic rings. The van der Waals surface area contributed by atoms with Gasteiger partial charge in [-0.05, 0) is 48.2 Å². The fourth-order valence-electron chi connectivity index (χ4n) is 3.05. The van der Waals surface area contributed by atoms with Gasteiger partial charge < -0.3 is 19.9 Å². The minimum atomic E-state index is -0.977. The van der Waals surface area contributed by atoms with Crippen LogP contribution in [0, 0.1) is 0 Å². The molecule has 0 bridgehead atoms. The van der Waals surface area contributed by atoms with Crippen LogP contribution in [0.2, 0.25) is 0 Å². The number of benzene rings is 2. The van der Waals surface area contributed by atoms with Crippen molar-refractivity contribution >= 4 is 11.9 Å². The zero-order valence-corrected chi connectivity index (χ0v) is 14.7. The van der Waals surface area contributed by atoms with E-state index in [-0.39, 0.29) is 11.7 Å². The van der Waals surface area contributed by atoms with Crippen LogP contribution in [-0.4, -0.2) is 31.2 Å². The first kappa shape index (κ1) is 17.8. The van der Waals surface area contributed by atoms with Gasteiger partial charge >= 0.3 is 5.97 Å². The predicted molar refractivity (Wildman–Crippen MR) is 94.9 cm³/mol. The van der Waals surface area contributed by atoms with E-state index in [4.69, 9.17) is 9.47 Å². The molecular formula is C20H21NO5. The first-order valence-electron chi connectivity index (χ1n) is 8.32. The molecule has 0 unspecified atom stereocenters. The number of nitrogens with one attached hydrogen (secondary N) is 1. The third-order valence-corrected chi connectivity index (χ3v) is 4.74. The van der Waals surface area contributed by atoms with Crippen LogP contribution in [0.5, 0.6) is 11.5 Å². The lowest BCUT2D eigenvalue weighted by Gasteiger charge is -2.22. The fourth-order valence-corrected chi connectivity index (χ4v) is 3.05. The second kappa shape index (κ2) is 7.07. The molecule has 0 radical (unpaired) electrons. The summed E-state index contributed by atoms with van der Waals surface area (Å²) in [5, 5.41) is 12.5. The number of ether oxygens (including phenoxy) is 2. The maximum Gasteiger partial charge on any atom is 0.333 e. The highest BCUT2D eigenvalue weighted by Gasteiger charge is 2.52. The summed E-state index contributed by atoms with van der Waals surface area (Å²) in [6.45, 7) is 0. The standard InChI is InChI=1S/C20H21NO5/c1-25-16-8-6-14(7-9-16)20(10-11-20)19(24)21-17(18(23)26-2)13-4-3-5-15(22)12-13/h3-9,12,17,22H,10-11H2,1-2H3,(H,21,24)/t17-/m0/s1. The maximum absolute atomic E-state index is 13.0. The summed E-state index contributed by atoms with van der Waals surface area (Å²) in [6.07, 6.45) is 1.41. The fraction of sp³-hybridized carbons (Fsp3) is 0.300. The number of methoxy groups -OCH3 is 2. The number of aromatic hydroxyl groups is 1. The van der Waals surface area contributed by atoms with E-state index in [0.717, 1.165) is 11.3 Å². The molecule has 1 amide bonds. The number of carbonyl (C=O) groups is 2. The first-order valence-corrected chi connectivity index (χ1v) is 8.32. The molecule has 6 nitrogen and oxygen atoms in total. The van der Waals surface area contributed by atoms with E-state index in [1.54, 1.807) is 19.2 Å². The molecule has 0 spiro atoms. The molecule has 136 valence electrons. The minimum absolute atomic E-state index is 0.0157. The average molecular weight is 355 g/mol. The monoisotopic (exact) mass is 355 g/mol. The molecule has 1 saturated carbocycles. The normalized spacial score (nSPS) is 15.6. The Labute approximate surface area is 151 Å². The highest BCUT2D eigenvalue weighted by atomic mass is 16.5. The van der Waals surface area contributed by atoms with Crippen molar-refractivity contribution in [3.8, 4) is 11.5 Å². The van der Waals surface area contributed by atoms with Gasteiger partial charge in [-0.1, -0.05) is 24.3 Å². The summed E-state index contributed by atoms with van der Waals surface area (Å²) in [5.41, 5.74) is 0.709. The zero-order chi connectivity index (χ0) is 18.7. The molecular weight excluding hydrogens is 334 g/mol. The number of carbonyl (C=O) groups excluding carboxylic acids is 2. The van der Waals surface area contributed by atoms with Gasteiger partial charge in [0, 0.05) is 0 Å². The molecule has 26 heavy (non-hydrogen) atoms. The smallest absolute Gasteiger partial charge is 0.333 e. The Bertz CT molecular complexity index is 811. The summed E-state index contributed by atoms with van der Waals surface area (Å²) in [6, 6.07) is 12.6. The predicted octanol–water partition coefficient (Wildman–Crippen LogP) is 2.46. The van der Waals surface area contributed by atoms with Gasteiger partial charge in [-0.25, -0.2) is 4.79 Å². The van der Waals surface area contributed by atoms with Gasteiger partial charge in [0.25, 0.3) is 0 Å². The molecule has 2 aromatic carbocycles. The van der Waals surface area contributed by atoms with Gasteiger partial charge in [-0.2, -0.15) is 0 Å². The molecule has 3 rings (SSSR count). The summed E-state index contributed by atoms with van der Waals surface area (Å²) < 4.78 is 9.98. The van der Waals surface area contributed by atoms with Crippen molar-refractivity contribution in [2.24, 2.45) is 0 Å². The number of phenolic OH excluding ortho intramolecular Hbond substituents is 1. The van der Waals surface area contributed by atoms with Crippen LogP contribution in [0.25, 0.3) is 0 Å². The van der Waals surface area contributed by atoms with Crippen LogP contribution in [0.3, 0.4) is 0 Å². The molecule has 6 heteroatoms. The van der Waals surface area contributed by atoms with Crippen LogP contribution in [-0.2, 0) is 19.7 Å². The molecule has 1 aliphatic carbocycles. The largest absolute Gasteiger partial charge is 0.508 e. The Kier molecular flexibility index (Phi) is 4.84. The Morgan fingerprint density at radius 2 is 1.81 bits per heavy atom. The third-order valence-electron chi connectivity index (χ3n) is 4.74. The summed E-state index contributed by atoms with van der Waals surface area (Å²) in [5.74, 6) is -0.0880. The molecule has 0 aromatic heterocycles. The van der Waals surface area contributed by atoms with Crippen molar-refractivity contribution in [2.75, 3.05) is 14.2 Å². The quantitative estimate of drug-likeness (QED) is 0.778. The van der Waals surface area contributed by atoms with E-state index in [2.05, 4.69) is 5.32 Å². The van der Waals surface area contributed by atoms with E-state index in [1.165, 1.54) is 19.2 Å². The number of esters is 1. The van der Waals surface area contributed by atoms with E-state index in [9.17, 15) is 14.7 Å². The Balaban J connectivity index is 1.84. The van der Waals surface area contributed by atoms with Gasteiger partial charge in [-0.15, -0.1) is 0 Å². The Morgan fingerprint density at radius 1 is 1.12 bits per heavy atom. The lowest BCUT2D eigenvalue weighted by atomic mass is 9.94.